The van der Waals surface area contributed by atoms with Crippen LogP contribution in [-0.4, -0.2) is 11.7 Å². The Morgan fingerprint density at radius 1 is 1.29 bits per heavy atom. The van der Waals surface area contributed by atoms with Crippen molar-refractivity contribution in [2.45, 2.75) is 31.6 Å². The number of primary amides is 1. The highest BCUT2D eigenvalue weighted by Gasteiger charge is 2.44. The number of carbonyl (C=O) groups is 2. The van der Waals surface area contributed by atoms with E-state index < -0.39 is 11.8 Å². The highest BCUT2D eigenvalue weighted by atomic mass is 16.2. The van der Waals surface area contributed by atoms with E-state index >= 15 is 0 Å². The van der Waals surface area contributed by atoms with Crippen LogP contribution in [0.15, 0.2) is 18.2 Å². The number of amides is 1. The lowest BCUT2D eigenvalue weighted by Crippen LogP contribution is -2.30. The molecule has 1 aromatic carbocycles. The molecule has 0 bridgehead atoms. The molecule has 2 atom stereocenters. The van der Waals surface area contributed by atoms with Crippen molar-refractivity contribution < 1.29 is 9.59 Å². The fourth-order valence-electron chi connectivity index (χ4n) is 3.32. The first-order valence-electron chi connectivity index (χ1n) is 6.15. The highest BCUT2D eigenvalue weighted by molar-refractivity contribution is 6.14. The summed E-state index contributed by atoms with van der Waals surface area (Å²) < 4.78 is 0. The van der Waals surface area contributed by atoms with Crippen LogP contribution >= 0.6 is 0 Å². The minimum Gasteiger partial charge on any atom is -0.369 e. The van der Waals surface area contributed by atoms with Crippen LogP contribution in [0.4, 0.5) is 0 Å². The molecule has 1 amide bonds. The van der Waals surface area contributed by atoms with Crippen LogP contribution < -0.4 is 5.73 Å². The van der Waals surface area contributed by atoms with Crippen molar-refractivity contribution in [1.82, 2.24) is 0 Å². The third kappa shape index (κ3) is 1.42. The normalized spacial score (nSPS) is 26.5. The van der Waals surface area contributed by atoms with E-state index in [4.69, 9.17) is 5.73 Å². The molecular formula is C14H15NO2. The molecule has 2 aliphatic rings. The Labute approximate surface area is 100 Å². The predicted octanol–water partition coefficient (Wildman–Crippen LogP) is 1.79. The lowest BCUT2D eigenvalue weighted by atomic mass is 9.87. The second kappa shape index (κ2) is 3.69. The quantitative estimate of drug-likeness (QED) is 0.746. The number of nitrogens with two attached hydrogens (primary N) is 1. The van der Waals surface area contributed by atoms with Gasteiger partial charge >= 0.3 is 0 Å². The molecule has 2 aliphatic carbocycles. The van der Waals surface area contributed by atoms with E-state index in [0.29, 0.717) is 0 Å². The number of carbonyl (C=O) groups excluding carboxylic acids is 2. The number of Topliss-reactive ketones (excluding diaryl/α,β-unsaturated/α-hetero) is 1. The van der Waals surface area contributed by atoms with Gasteiger partial charge in [0.1, 0.15) is 5.92 Å². The molecule has 1 aromatic rings. The van der Waals surface area contributed by atoms with Crippen molar-refractivity contribution in [3.63, 3.8) is 0 Å². The Morgan fingerprint density at radius 2 is 2.12 bits per heavy atom. The number of rotatable bonds is 1. The molecule has 3 rings (SSSR count). The van der Waals surface area contributed by atoms with Crippen molar-refractivity contribution in [2.24, 2.45) is 11.7 Å². The van der Waals surface area contributed by atoms with Gasteiger partial charge < -0.3 is 5.73 Å². The van der Waals surface area contributed by atoms with Gasteiger partial charge in [-0.2, -0.15) is 0 Å². The third-order valence-electron chi connectivity index (χ3n) is 4.04. The van der Waals surface area contributed by atoms with Crippen LogP contribution in [0.3, 0.4) is 0 Å². The zero-order chi connectivity index (χ0) is 12.0. The van der Waals surface area contributed by atoms with Crippen LogP contribution in [0.25, 0.3) is 0 Å². The minimum atomic E-state index is -0.621. The van der Waals surface area contributed by atoms with Gasteiger partial charge in [0, 0.05) is 11.5 Å². The van der Waals surface area contributed by atoms with Crippen molar-refractivity contribution in [1.29, 1.82) is 0 Å². The summed E-state index contributed by atoms with van der Waals surface area (Å²) in [6, 6.07) is 5.83. The second-order valence-electron chi connectivity index (χ2n) is 4.97. The van der Waals surface area contributed by atoms with Crippen molar-refractivity contribution in [3.8, 4) is 0 Å². The molecule has 88 valence electrons. The topological polar surface area (TPSA) is 60.2 Å². The molecule has 0 unspecified atom stereocenters. The first-order valence-corrected chi connectivity index (χ1v) is 6.15. The molecule has 0 radical (unpaired) electrons. The molecule has 0 aliphatic heterocycles. The van der Waals surface area contributed by atoms with Crippen molar-refractivity contribution >= 4 is 11.7 Å². The van der Waals surface area contributed by atoms with Gasteiger partial charge in [-0.3, -0.25) is 9.59 Å². The summed E-state index contributed by atoms with van der Waals surface area (Å²) in [6.45, 7) is 0. The van der Waals surface area contributed by atoms with Crippen LogP contribution in [0.2, 0.25) is 0 Å². The third-order valence-corrected chi connectivity index (χ3v) is 4.04. The molecule has 2 N–H and O–H groups in total. The molecule has 0 heterocycles. The van der Waals surface area contributed by atoms with E-state index in [-0.39, 0.29) is 11.7 Å². The summed E-state index contributed by atoms with van der Waals surface area (Å²) in [4.78, 5) is 23.7. The van der Waals surface area contributed by atoms with E-state index in [2.05, 4.69) is 6.07 Å². The smallest absolute Gasteiger partial charge is 0.229 e. The van der Waals surface area contributed by atoms with Gasteiger partial charge in [-0.05, 0) is 30.4 Å². The predicted molar refractivity (Wildman–Crippen MR) is 63.8 cm³/mol. The molecule has 0 saturated carbocycles. The Kier molecular flexibility index (Phi) is 2.28. The van der Waals surface area contributed by atoms with Gasteiger partial charge in [-0.1, -0.05) is 24.6 Å². The highest BCUT2D eigenvalue weighted by Crippen LogP contribution is 2.44. The summed E-state index contributed by atoms with van der Waals surface area (Å²) in [7, 11) is 0. The lowest BCUT2D eigenvalue weighted by Gasteiger charge is -2.15. The number of ketones is 1. The lowest BCUT2D eigenvalue weighted by molar-refractivity contribution is -0.120. The summed E-state index contributed by atoms with van der Waals surface area (Å²) in [5.41, 5.74) is 8.48. The molecule has 0 spiro atoms. The first-order chi connectivity index (χ1) is 8.20. The van der Waals surface area contributed by atoms with E-state index in [1.165, 1.54) is 5.56 Å². The van der Waals surface area contributed by atoms with Gasteiger partial charge in [0.05, 0.1) is 0 Å². The second-order valence-corrected chi connectivity index (χ2v) is 4.97. The summed E-state index contributed by atoms with van der Waals surface area (Å²) >= 11 is 0. The van der Waals surface area contributed by atoms with Gasteiger partial charge in [0.25, 0.3) is 0 Å². The van der Waals surface area contributed by atoms with E-state index in [1.54, 1.807) is 0 Å². The number of hydrogen-bond acceptors (Lipinski definition) is 2. The fraction of sp³-hybridized carbons (Fsp3) is 0.429. The standard InChI is InChI=1S/C14H15NO2/c15-14(17)12-9-6-2-1-4-8-5-3-7-10(11(8)9)13(12)16/h3,5,7,9,12H,1-2,4,6H2,(H2,15,17)/t9-,12+/m0/s1. The Morgan fingerprint density at radius 3 is 2.88 bits per heavy atom. The molecule has 3 heteroatoms. The van der Waals surface area contributed by atoms with Crippen LogP contribution in [0.1, 0.15) is 46.7 Å². The largest absolute Gasteiger partial charge is 0.369 e. The maximum absolute atomic E-state index is 12.2. The van der Waals surface area contributed by atoms with Crippen molar-refractivity contribution in [3.05, 3.63) is 34.9 Å². The van der Waals surface area contributed by atoms with Gasteiger partial charge in [-0.15, -0.1) is 0 Å². The first kappa shape index (κ1) is 10.5. The SMILES string of the molecule is NC(=O)[C@H]1C(=O)c2cccc3c2[C@@H]1CCCC3. The average molecular weight is 229 g/mol. The van der Waals surface area contributed by atoms with E-state index in [1.807, 2.05) is 12.1 Å². The number of aryl methyl sites for hydroxylation is 1. The van der Waals surface area contributed by atoms with E-state index in [0.717, 1.165) is 36.8 Å². The fourth-order valence-corrected chi connectivity index (χ4v) is 3.32. The van der Waals surface area contributed by atoms with Crippen LogP contribution in [0.5, 0.6) is 0 Å². The minimum absolute atomic E-state index is 0.0358. The Balaban J connectivity index is 2.20. The maximum atomic E-state index is 12.2. The summed E-state index contributed by atoms with van der Waals surface area (Å²) in [5, 5.41) is 0. The molecule has 0 saturated heterocycles. The van der Waals surface area contributed by atoms with Crippen molar-refractivity contribution in [2.75, 3.05) is 0 Å². The van der Waals surface area contributed by atoms with Crippen LogP contribution in [-0.2, 0) is 11.2 Å². The zero-order valence-electron chi connectivity index (χ0n) is 9.61. The number of benzene rings is 1. The van der Waals surface area contributed by atoms with Gasteiger partial charge in [0.15, 0.2) is 5.78 Å². The Hall–Kier alpha value is -1.64. The molecule has 0 aromatic heterocycles. The maximum Gasteiger partial charge on any atom is 0.229 e. The van der Waals surface area contributed by atoms with E-state index in [9.17, 15) is 9.59 Å². The summed E-state index contributed by atoms with van der Waals surface area (Å²) in [6.07, 6.45) is 4.12. The Bertz CT molecular complexity index is 507. The number of hydrogen-bond donors (Lipinski definition) is 1. The van der Waals surface area contributed by atoms with Crippen LogP contribution in [0, 0.1) is 5.92 Å². The summed E-state index contributed by atoms with van der Waals surface area (Å²) in [5.74, 6) is -1.12. The monoisotopic (exact) mass is 229 g/mol. The molecule has 3 nitrogen and oxygen atoms in total. The zero-order valence-corrected chi connectivity index (χ0v) is 9.61. The molecule has 17 heavy (non-hydrogen) atoms. The molecular weight excluding hydrogens is 214 g/mol. The average Bonchev–Trinajstić information content (AvgIpc) is 2.47. The molecule has 0 fully saturated rings. The van der Waals surface area contributed by atoms with Gasteiger partial charge in [-0.25, -0.2) is 0 Å². The van der Waals surface area contributed by atoms with Gasteiger partial charge in [0.2, 0.25) is 5.91 Å².